The van der Waals surface area contributed by atoms with Gasteiger partial charge in [-0.1, -0.05) is 6.92 Å². The lowest BCUT2D eigenvalue weighted by atomic mass is 9.98. The summed E-state index contributed by atoms with van der Waals surface area (Å²) in [5.41, 5.74) is 0. The summed E-state index contributed by atoms with van der Waals surface area (Å²) in [5.74, 6) is -0.189. The van der Waals surface area contributed by atoms with Crippen molar-refractivity contribution in [3.63, 3.8) is 0 Å². The van der Waals surface area contributed by atoms with E-state index in [0.717, 1.165) is 25.9 Å². The van der Waals surface area contributed by atoms with Crippen LogP contribution in [0, 0.1) is 5.92 Å². The molecule has 0 amide bonds. The minimum Gasteiger partial charge on any atom is -0.469 e. The maximum Gasteiger partial charge on any atom is 0.309 e. The smallest absolute Gasteiger partial charge is 0.309 e. The first-order chi connectivity index (χ1) is 7.60. The topological polar surface area (TPSA) is 38.8 Å². The number of carbonyl (C=O) groups is 1. The molecule has 0 aliphatic carbocycles. The van der Waals surface area contributed by atoms with E-state index in [1.807, 2.05) is 6.92 Å². The maximum absolute atomic E-state index is 11.4. The zero-order chi connectivity index (χ0) is 12.1. The molecule has 2 unspecified atom stereocenters. The van der Waals surface area contributed by atoms with Crippen molar-refractivity contribution in [2.24, 2.45) is 5.92 Å². The Morgan fingerprint density at radius 1 is 1.25 bits per heavy atom. The average molecular weight is 229 g/mol. The van der Waals surface area contributed by atoms with Gasteiger partial charge in [-0.2, -0.15) is 0 Å². The van der Waals surface area contributed by atoms with Crippen molar-refractivity contribution in [1.29, 1.82) is 0 Å². The van der Waals surface area contributed by atoms with Gasteiger partial charge in [0.05, 0.1) is 19.1 Å². The van der Waals surface area contributed by atoms with Gasteiger partial charge < -0.3 is 9.47 Å². The van der Waals surface area contributed by atoms with Crippen LogP contribution < -0.4 is 0 Å². The zero-order valence-corrected chi connectivity index (χ0v) is 10.7. The lowest BCUT2D eigenvalue weighted by molar-refractivity contribution is -0.147. The molecule has 0 aromatic rings. The van der Waals surface area contributed by atoms with E-state index in [0.29, 0.717) is 6.10 Å². The van der Waals surface area contributed by atoms with Crippen LogP contribution >= 0.6 is 0 Å². The van der Waals surface area contributed by atoms with Crippen molar-refractivity contribution in [1.82, 2.24) is 4.90 Å². The van der Waals surface area contributed by atoms with Crippen LogP contribution in [0.4, 0.5) is 0 Å². The number of rotatable bonds is 4. The number of piperidine rings is 1. The van der Waals surface area contributed by atoms with Gasteiger partial charge in [-0.25, -0.2) is 0 Å². The van der Waals surface area contributed by atoms with Crippen LogP contribution in [0.3, 0.4) is 0 Å². The number of hydrogen-bond acceptors (Lipinski definition) is 4. The maximum atomic E-state index is 11.4. The Morgan fingerprint density at radius 2 is 1.81 bits per heavy atom. The van der Waals surface area contributed by atoms with E-state index >= 15 is 0 Å². The van der Waals surface area contributed by atoms with Crippen molar-refractivity contribution >= 4 is 5.97 Å². The molecule has 0 radical (unpaired) electrons. The van der Waals surface area contributed by atoms with E-state index in [1.54, 1.807) is 7.11 Å². The van der Waals surface area contributed by atoms with Gasteiger partial charge in [0.2, 0.25) is 0 Å². The Hall–Kier alpha value is -0.610. The molecular formula is C12H23NO3. The molecule has 0 bridgehead atoms. The van der Waals surface area contributed by atoms with Crippen molar-refractivity contribution in [2.75, 3.05) is 27.3 Å². The fraction of sp³-hybridized carbons (Fsp3) is 0.917. The van der Waals surface area contributed by atoms with Gasteiger partial charge in [0.1, 0.15) is 0 Å². The molecule has 0 aromatic carbocycles. The highest BCUT2D eigenvalue weighted by Gasteiger charge is 2.29. The van der Waals surface area contributed by atoms with Crippen molar-refractivity contribution < 1.29 is 14.3 Å². The van der Waals surface area contributed by atoms with Crippen LogP contribution in [-0.2, 0) is 14.3 Å². The van der Waals surface area contributed by atoms with E-state index in [4.69, 9.17) is 9.47 Å². The molecule has 94 valence electrons. The van der Waals surface area contributed by atoms with Crippen LogP contribution in [0.2, 0.25) is 0 Å². The van der Waals surface area contributed by atoms with E-state index in [1.165, 1.54) is 7.11 Å². The summed E-state index contributed by atoms with van der Waals surface area (Å²) in [6, 6.07) is 0.241. The number of hydrogen-bond donors (Lipinski definition) is 0. The van der Waals surface area contributed by atoms with Gasteiger partial charge >= 0.3 is 5.97 Å². The Balaban J connectivity index is 2.43. The number of carbonyl (C=O) groups excluding carboxylic acids is 1. The molecule has 4 heteroatoms. The normalized spacial score (nSPS) is 22.8. The SMILES string of the molecule is COC(=O)C(C)C(C)N1CCC(OC)CC1. The lowest BCUT2D eigenvalue weighted by Crippen LogP contribution is -2.46. The largest absolute Gasteiger partial charge is 0.469 e. The van der Waals surface area contributed by atoms with E-state index in [-0.39, 0.29) is 17.9 Å². The number of nitrogens with zero attached hydrogens (tertiary/aromatic N) is 1. The van der Waals surface area contributed by atoms with Gasteiger partial charge in [-0.05, 0) is 19.8 Å². The first kappa shape index (κ1) is 13.5. The Kier molecular flexibility index (Phi) is 5.22. The van der Waals surface area contributed by atoms with Crippen LogP contribution in [-0.4, -0.2) is 50.3 Å². The quantitative estimate of drug-likeness (QED) is 0.681. The molecule has 1 heterocycles. The average Bonchev–Trinajstić information content (AvgIpc) is 2.36. The van der Waals surface area contributed by atoms with Gasteiger partial charge in [0, 0.05) is 26.2 Å². The van der Waals surface area contributed by atoms with Gasteiger partial charge in [-0.3, -0.25) is 9.69 Å². The molecule has 1 saturated heterocycles. The standard InChI is InChI=1S/C12H23NO3/c1-9(12(14)16-4)10(2)13-7-5-11(15-3)6-8-13/h9-11H,5-8H2,1-4H3. The van der Waals surface area contributed by atoms with Crippen molar-refractivity contribution in [3.05, 3.63) is 0 Å². The third kappa shape index (κ3) is 3.19. The Labute approximate surface area is 97.9 Å². The monoisotopic (exact) mass is 229 g/mol. The summed E-state index contributed by atoms with van der Waals surface area (Å²) in [6.45, 7) is 6.02. The highest BCUT2D eigenvalue weighted by molar-refractivity contribution is 5.72. The predicted octanol–water partition coefficient (Wildman–Crippen LogP) is 1.29. The second-order valence-corrected chi connectivity index (χ2v) is 4.52. The molecule has 1 aliphatic rings. The Morgan fingerprint density at radius 3 is 2.25 bits per heavy atom. The van der Waals surface area contributed by atoms with Gasteiger partial charge in [0.15, 0.2) is 0 Å². The van der Waals surface area contributed by atoms with E-state index in [2.05, 4.69) is 11.8 Å². The number of ether oxygens (including phenoxy) is 2. The fourth-order valence-corrected chi connectivity index (χ4v) is 2.22. The second-order valence-electron chi connectivity index (χ2n) is 4.52. The fourth-order valence-electron chi connectivity index (χ4n) is 2.22. The first-order valence-electron chi connectivity index (χ1n) is 5.94. The number of esters is 1. The summed E-state index contributed by atoms with van der Waals surface area (Å²) in [5, 5.41) is 0. The molecule has 0 N–H and O–H groups in total. The van der Waals surface area contributed by atoms with Crippen LogP contribution in [0.25, 0.3) is 0 Å². The lowest BCUT2D eigenvalue weighted by Gasteiger charge is -2.37. The van der Waals surface area contributed by atoms with Crippen LogP contribution in [0.1, 0.15) is 26.7 Å². The summed E-state index contributed by atoms with van der Waals surface area (Å²) in [6.07, 6.45) is 2.49. The molecule has 0 spiro atoms. The molecule has 1 rings (SSSR count). The molecular weight excluding hydrogens is 206 g/mol. The molecule has 0 saturated carbocycles. The third-order valence-electron chi connectivity index (χ3n) is 3.68. The predicted molar refractivity (Wildman–Crippen MR) is 62.2 cm³/mol. The van der Waals surface area contributed by atoms with Gasteiger partial charge in [-0.15, -0.1) is 0 Å². The summed E-state index contributed by atoms with van der Waals surface area (Å²) in [4.78, 5) is 13.8. The summed E-state index contributed by atoms with van der Waals surface area (Å²) >= 11 is 0. The molecule has 1 aliphatic heterocycles. The van der Waals surface area contributed by atoms with Crippen molar-refractivity contribution in [2.45, 2.75) is 38.8 Å². The highest BCUT2D eigenvalue weighted by atomic mass is 16.5. The van der Waals surface area contributed by atoms with E-state index < -0.39 is 0 Å². The Bertz CT molecular complexity index is 224. The van der Waals surface area contributed by atoms with Gasteiger partial charge in [0.25, 0.3) is 0 Å². The van der Waals surface area contributed by atoms with Crippen molar-refractivity contribution in [3.8, 4) is 0 Å². The summed E-state index contributed by atoms with van der Waals surface area (Å²) < 4.78 is 10.1. The molecule has 0 aromatic heterocycles. The molecule has 2 atom stereocenters. The van der Waals surface area contributed by atoms with Crippen LogP contribution in [0.5, 0.6) is 0 Å². The zero-order valence-electron chi connectivity index (χ0n) is 10.7. The number of methoxy groups -OCH3 is 2. The first-order valence-corrected chi connectivity index (χ1v) is 5.94. The number of likely N-dealkylation sites (tertiary alicyclic amines) is 1. The van der Waals surface area contributed by atoms with E-state index in [9.17, 15) is 4.79 Å². The molecule has 4 nitrogen and oxygen atoms in total. The highest BCUT2D eigenvalue weighted by Crippen LogP contribution is 2.19. The van der Waals surface area contributed by atoms with Crippen LogP contribution in [0.15, 0.2) is 0 Å². The minimum absolute atomic E-state index is 0.0657. The molecule has 16 heavy (non-hydrogen) atoms. The third-order valence-corrected chi connectivity index (χ3v) is 3.68. The summed E-state index contributed by atoms with van der Waals surface area (Å²) in [7, 11) is 3.21. The second kappa shape index (κ2) is 6.21. The molecule has 1 fully saturated rings. The minimum atomic E-state index is -0.124.